The number of benzene rings is 3. The SMILES string of the molecule is COCCOc1ccc(C(=O)Nc2cccc(OCCOc3ccccc3)c2)cc1. The molecule has 30 heavy (non-hydrogen) atoms. The molecule has 0 atom stereocenters. The van der Waals surface area contributed by atoms with Crippen LogP contribution >= 0.6 is 0 Å². The first-order valence-electron chi connectivity index (χ1n) is 9.68. The van der Waals surface area contributed by atoms with Crippen LogP contribution in [-0.4, -0.2) is 39.4 Å². The van der Waals surface area contributed by atoms with Crippen molar-refractivity contribution in [2.45, 2.75) is 0 Å². The van der Waals surface area contributed by atoms with E-state index >= 15 is 0 Å². The quantitative estimate of drug-likeness (QED) is 0.477. The van der Waals surface area contributed by atoms with Gasteiger partial charge in [0, 0.05) is 24.4 Å². The van der Waals surface area contributed by atoms with E-state index < -0.39 is 0 Å². The highest BCUT2D eigenvalue weighted by atomic mass is 16.5. The van der Waals surface area contributed by atoms with E-state index in [0.29, 0.717) is 49.2 Å². The Morgan fingerprint density at radius 2 is 1.30 bits per heavy atom. The lowest BCUT2D eigenvalue weighted by Crippen LogP contribution is -2.12. The van der Waals surface area contributed by atoms with Crippen LogP contribution in [-0.2, 0) is 4.74 Å². The molecule has 0 radical (unpaired) electrons. The van der Waals surface area contributed by atoms with Crippen LogP contribution in [0, 0.1) is 0 Å². The highest BCUT2D eigenvalue weighted by Gasteiger charge is 2.07. The predicted molar refractivity (Wildman–Crippen MR) is 116 cm³/mol. The van der Waals surface area contributed by atoms with Crippen molar-refractivity contribution in [3.05, 3.63) is 84.4 Å². The minimum Gasteiger partial charge on any atom is -0.491 e. The van der Waals surface area contributed by atoms with E-state index in [-0.39, 0.29) is 5.91 Å². The maximum Gasteiger partial charge on any atom is 0.255 e. The molecule has 0 aliphatic rings. The van der Waals surface area contributed by atoms with E-state index in [1.807, 2.05) is 48.5 Å². The highest BCUT2D eigenvalue weighted by molar-refractivity contribution is 6.04. The summed E-state index contributed by atoms with van der Waals surface area (Å²) < 4.78 is 21.8. The first kappa shape index (κ1) is 21.2. The van der Waals surface area contributed by atoms with E-state index in [9.17, 15) is 4.79 Å². The largest absolute Gasteiger partial charge is 0.491 e. The second kappa shape index (κ2) is 11.5. The van der Waals surface area contributed by atoms with Gasteiger partial charge in [-0.3, -0.25) is 4.79 Å². The van der Waals surface area contributed by atoms with Crippen LogP contribution in [0.1, 0.15) is 10.4 Å². The number of ether oxygens (including phenoxy) is 4. The smallest absolute Gasteiger partial charge is 0.255 e. The fourth-order valence-corrected chi connectivity index (χ4v) is 2.65. The third-order valence-electron chi connectivity index (χ3n) is 4.13. The Labute approximate surface area is 176 Å². The van der Waals surface area contributed by atoms with Crippen LogP contribution < -0.4 is 19.5 Å². The molecule has 1 amide bonds. The first-order valence-corrected chi connectivity index (χ1v) is 9.68. The molecule has 0 unspecified atom stereocenters. The van der Waals surface area contributed by atoms with Gasteiger partial charge in [-0.05, 0) is 48.5 Å². The highest BCUT2D eigenvalue weighted by Crippen LogP contribution is 2.19. The molecule has 6 heteroatoms. The Morgan fingerprint density at radius 3 is 2.00 bits per heavy atom. The van der Waals surface area contributed by atoms with Crippen molar-refractivity contribution in [2.75, 3.05) is 38.9 Å². The van der Waals surface area contributed by atoms with Gasteiger partial charge in [-0.25, -0.2) is 0 Å². The Balaban J connectivity index is 1.47. The third kappa shape index (κ3) is 6.83. The summed E-state index contributed by atoms with van der Waals surface area (Å²) in [5.74, 6) is 1.95. The zero-order valence-corrected chi connectivity index (χ0v) is 16.9. The van der Waals surface area contributed by atoms with Crippen LogP contribution in [0.25, 0.3) is 0 Å². The number of nitrogens with one attached hydrogen (secondary N) is 1. The van der Waals surface area contributed by atoms with Crippen LogP contribution in [0.4, 0.5) is 5.69 Å². The lowest BCUT2D eigenvalue weighted by atomic mass is 10.2. The van der Waals surface area contributed by atoms with Gasteiger partial charge in [0.05, 0.1) is 6.61 Å². The molecule has 0 aromatic heterocycles. The number of carbonyl (C=O) groups is 1. The van der Waals surface area contributed by atoms with Crippen molar-refractivity contribution in [3.8, 4) is 17.2 Å². The lowest BCUT2D eigenvalue weighted by Gasteiger charge is -2.11. The van der Waals surface area contributed by atoms with Gasteiger partial charge in [0.1, 0.15) is 37.1 Å². The number of rotatable bonds is 11. The van der Waals surface area contributed by atoms with Crippen molar-refractivity contribution < 1.29 is 23.7 Å². The molecule has 0 fully saturated rings. The van der Waals surface area contributed by atoms with Gasteiger partial charge in [-0.15, -0.1) is 0 Å². The maximum atomic E-state index is 12.5. The maximum absolute atomic E-state index is 12.5. The summed E-state index contributed by atoms with van der Waals surface area (Å²) in [6.07, 6.45) is 0. The first-order chi connectivity index (χ1) is 14.7. The molecule has 0 aliphatic carbocycles. The van der Waals surface area contributed by atoms with Gasteiger partial charge < -0.3 is 24.3 Å². The summed E-state index contributed by atoms with van der Waals surface area (Å²) in [6.45, 7) is 1.81. The number of para-hydroxylation sites is 1. The van der Waals surface area contributed by atoms with E-state index in [1.54, 1.807) is 37.4 Å². The fraction of sp³-hybridized carbons (Fsp3) is 0.208. The number of hydrogen-bond donors (Lipinski definition) is 1. The lowest BCUT2D eigenvalue weighted by molar-refractivity contribution is 0.102. The Kier molecular flexibility index (Phi) is 8.12. The van der Waals surface area contributed by atoms with Crippen molar-refractivity contribution in [1.29, 1.82) is 0 Å². The fourth-order valence-electron chi connectivity index (χ4n) is 2.65. The average molecular weight is 407 g/mol. The van der Waals surface area contributed by atoms with E-state index in [0.717, 1.165) is 5.75 Å². The molecule has 3 aromatic carbocycles. The summed E-state index contributed by atoms with van der Waals surface area (Å²) in [4.78, 5) is 12.5. The summed E-state index contributed by atoms with van der Waals surface area (Å²) in [5, 5.41) is 2.88. The van der Waals surface area contributed by atoms with Crippen LogP contribution in [0.3, 0.4) is 0 Å². The van der Waals surface area contributed by atoms with Gasteiger partial charge in [0.2, 0.25) is 0 Å². The molecule has 1 N–H and O–H groups in total. The van der Waals surface area contributed by atoms with Gasteiger partial charge in [0.25, 0.3) is 5.91 Å². The summed E-state index contributed by atoms with van der Waals surface area (Å²) in [6, 6.07) is 23.8. The summed E-state index contributed by atoms with van der Waals surface area (Å²) >= 11 is 0. The zero-order valence-electron chi connectivity index (χ0n) is 16.9. The molecule has 0 spiro atoms. The number of methoxy groups -OCH3 is 1. The number of amides is 1. The minimum absolute atomic E-state index is 0.206. The van der Waals surface area contributed by atoms with Crippen LogP contribution in [0.2, 0.25) is 0 Å². The van der Waals surface area contributed by atoms with Crippen molar-refractivity contribution in [1.82, 2.24) is 0 Å². The van der Waals surface area contributed by atoms with Crippen molar-refractivity contribution in [2.24, 2.45) is 0 Å². The normalized spacial score (nSPS) is 10.3. The van der Waals surface area contributed by atoms with Gasteiger partial charge >= 0.3 is 0 Å². The van der Waals surface area contributed by atoms with Crippen LogP contribution in [0.5, 0.6) is 17.2 Å². The minimum atomic E-state index is -0.206. The second-order valence-corrected chi connectivity index (χ2v) is 6.36. The molecule has 0 bridgehead atoms. The standard InChI is InChI=1S/C24H25NO5/c1-27-14-15-28-22-12-10-19(11-13-22)24(26)25-20-6-5-9-23(18-20)30-17-16-29-21-7-3-2-4-8-21/h2-13,18H,14-17H2,1H3,(H,25,26). The Morgan fingerprint density at radius 1 is 0.700 bits per heavy atom. The third-order valence-corrected chi connectivity index (χ3v) is 4.13. The van der Waals surface area contributed by atoms with Gasteiger partial charge in [-0.1, -0.05) is 24.3 Å². The molecule has 3 aromatic rings. The molecule has 156 valence electrons. The van der Waals surface area contributed by atoms with Crippen molar-refractivity contribution >= 4 is 11.6 Å². The molecule has 0 aliphatic heterocycles. The average Bonchev–Trinajstić information content (AvgIpc) is 2.78. The number of anilines is 1. The summed E-state index contributed by atoms with van der Waals surface area (Å²) in [7, 11) is 1.62. The second-order valence-electron chi connectivity index (χ2n) is 6.36. The molecule has 3 rings (SSSR count). The van der Waals surface area contributed by atoms with E-state index in [1.165, 1.54) is 0 Å². The molecular formula is C24H25NO5. The zero-order chi connectivity index (χ0) is 21.0. The predicted octanol–water partition coefficient (Wildman–Crippen LogP) is 4.42. The Hall–Kier alpha value is -3.51. The van der Waals surface area contributed by atoms with E-state index in [4.69, 9.17) is 18.9 Å². The molecule has 0 saturated carbocycles. The van der Waals surface area contributed by atoms with Gasteiger partial charge in [0.15, 0.2) is 0 Å². The molecular weight excluding hydrogens is 382 g/mol. The number of hydrogen-bond acceptors (Lipinski definition) is 5. The Bertz CT molecular complexity index is 912. The van der Waals surface area contributed by atoms with E-state index in [2.05, 4.69) is 5.32 Å². The monoisotopic (exact) mass is 407 g/mol. The topological polar surface area (TPSA) is 66.0 Å². The summed E-state index contributed by atoms with van der Waals surface area (Å²) in [5.41, 5.74) is 1.19. The van der Waals surface area contributed by atoms with Crippen molar-refractivity contribution in [3.63, 3.8) is 0 Å². The van der Waals surface area contributed by atoms with Crippen LogP contribution in [0.15, 0.2) is 78.9 Å². The molecule has 6 nitrogen and oxygen atoms in total. The number of carbonyl (C=O) groups excluding carboxylic acids is 1. The molecule has 0 heterocycles. The van der Waals surface area contributed by atoms with Gasteiger partial charge in [-0.2, -0.15) is 0 Å². The molecule has 0 saturated heterocycles.